The van der Waals surface area contributed by atoms with E-state index in [1.165, 1.54) is 0 Å². The van der Waals surface area contributed by atoms with Gasteiger partial charge in [0.25, 0.3) is 0 Å². The van der Waals surface area contributed by atoms with Gasteiger partial charge < -0.3 is 9.67 Å². The summed E-state index contributed by atoms with van der Waals surface area (Å²) >= 11 is 0. The van der Waals surface area contributed by atoms with Crippen LogP contribution in [0.2, 0.25) is 0 Å². The first-order valence-corrected chi connectivity index (χ1v) is 20.7. The lowest BCUT2D eigenvalue weighted by Gasteiger charge is -2.31. The van der Waals surface area contributed by atoms with Gasteiger partial charge in [-0.2, -0.15) is 4.58 Å². The largest absolute Gasteiger partial charge is 0.871 e. The summed E-state index contributed by atoms with van der Waals surface area (Å²) in [5, 5.41) is 14.2. The van der Waals surface area contributed by atoms with Gasteiger partial charge in [0.2, 0.25) is 17.2 Å². The monoisotopic (exact) mass is 768 g/mol. The van der Waals surface area contributed by atoms with Crippen molar-refractivity contribution in [1.29, 1.82) is 0 Å². The van der Waals surface area contributed by atoms with E-state index in [9.17, 15) is 9.90 Å². The zero-order chi connectivity index (χ0) is 40.4. The van der Waals surface area contributed by atoms with E-state index in [2.05, 4.69) is 67.2 Å². The number of pyridine rings is 4. The van der Waals surface area contributed by atoms with Crippen molar-refractivity contribution >= 4 is 35.3 Å². The van der Waals surface area contributed by atoms with Gasteiger partial charge in [-0.1, -0.05) is 57.8 Å². The lowest BCUT2D eigenvalue weighted by Crippen LogP contribution is -2.33. The second kappa shape index (κ2) is 18.8. The Morgan fingerprint density at radius 2 is 1.19 bits per heavy atom. The molecule has 0 bridgehead atoms. The number of ketones is 1. The molecule has 6 heterocycles. The van der Waals surface area contributed by atoms with Crippen molar-refractivity contribution in [2.75, 3.05) is 6.54 Å². The molecular weight excluding hydrogens is 717 g/mol. The highest BCUT2D eigenvalue weighted by Gasteiger charge is 2.38. The van der Waals surface area contributed by atoms with E-state index in [4.69, 9.17) is 0 Å². The summed E-state index contributed by atoms with van der Waals surface area (Å²) in [5.41, 5.74) is 11.3. The molecule has 58 heavy (non-hydrogen) atoms. The van der Waals surface area contributed by atoms with Crippen LogP contribution >= 0.6 is 0 Å². The Balaban J connectivity index is 1.20. The Labute approximate surface area is 342 Å². The molecule has 1 aliphatic carbocycles. The van der Waals surface area contributed by atoms with E-state index in [-0.39, 0.29) is 22.7 Å². The molecule has 0 atom stereocenters. The number of carbonyl (C=O) groups excluding carboxylic acids is 1. The minimum absolute atomic E-state index is 0.189. The van der Waals surface area contributed by atoms with Crippen LogP contribution in [-0.2, 0) is 11.3 Å². The van der Waals surface area contributed by atoms with Gasteiger partial charge in [0.1, 0.15) is 6.54 Å². The molecule has 0 spiro atoms. The number of aromatic nitrogens is 5. The third-order valence-corrected chi connectivity index (χ3v) is 10.7. The van der Waals surface area contributed by atoms with Gasteiger partial charge in [-0.3, -0.25) is 24.7 Å². The molecule has 2 aliphatic rings. The third-order valence-electron chi connectivity index (χ3n) is 10.7. The van der Waals surface area contributed by atoms with Crippen LogP contribution in [0.5, 0.6) is 0 Å². The van der Waals surface area contributed by atoms with Crippen molar-refractivity contribution < 1.29 is 14.5 Å². The number of allylic oxidation sites excluding steroid dienone is 5. The Morgan fingerprint density at radius 1 is 0.621 bits per heavy atom. The molecule has 8 heteroatoms. The summed E-state index contributed by atoms with van der Waals surface area (Å²) in [6.07, 6.45) is 28.0. The van der Waals surface area contributed by atoms with Crippen LogP contribution in [0.4, 0.5) is 0 Å². The lowest BCUT2D eigenvalue weighted by molar-refractivity contribution is -0.469. The molecule has 0 saturated heterocycles. The van der Waals surface area contributed by atoms with Crippen molar-refractivity contribution in [2.24, 2.45) is 0 Å². The van der Waals surface area contributed by atoms with E-state index in [1.807, 2.05) is 86.7 Å². The molecule has 0 fully saturated rings. The summed E-state index contributed by atoms with van der Waals surface area (Å²) in [5.74, 6) is -0.378. The number of unbranched alkanes of at least 4 members (excludes halogenated alkanes) is 6. The van der Waals surface area contributed by atoms with Gasteiger partial charge in [0, 0.05) is 67.2 Å². The Morgan fingerprint density at radius 3 is 1.78 bits per heavy atom. The topological polar surface area (TPSA) is 99.6 Å². The summed E-state index contributed by atoms with van der Waals surface area (Å²) in [4.78, 5) is 32.3. The van der Waals surface area contributed by atoms with Crippen LogP contribution in [0, 0.1) is 13.8 Å². The first-order valence-electron chi connectivity index (χ1n) is 20.7. The van der Waals surface area contributed by atoms with Crippen LogP contribution in [0.3, 0.4) is 0 Å². The van der Waals surface area contributed by atoms with E-state index in [1.54, 1.807) is 24.8 Å². The van der Waals surface area contributed by atoms with Crippen LogP contribution in [0.1, 0.15) is 98.9 Å². The van der Waals surface area contributed by atoms with Crippen molar-refractivity contribution in [3.63, 3.8) is 0 Å². The second-order valence-electron chi connectivity index (χ2n) is 15.2. The fourth-order valence-electron chi connectivity index (χ4n) is 7.54. The van der Waals surface area contributed by atoms with E-state index < -0.39 is 0 Å². The number of carbonyl (C=O) groups is 1. The summed E-state index contributed by atoms with van der Waals surface area (Å²) in [6, 6.07) is 20.0. The fraction of sp³-hybridized carbons (Fsp3) is 0.280. The number of hydrogen-bond acceptors (Lipinski definition) is 6. The first kappa shape index (κ1) is 39.9. The molecule has 0 unspecified atom stereocenters. The van der Waals surface area contributed by atoms with Crippen molar-refractivity contribution in [3.05, 3.63) is 154 Å². The highest BCUT2D eigenvalue weighted by Crippen LogP contribution is 2.39. The molecule has 294 valence electrons. The van der Waals surface area contributed by atoms with Crippen LogP contribution in [0.25, 0.3) is 46.6 Å². The van der Waals surface area contributed by atoms with Crippen LogP contribution < -0.4 is 5.11 Å². The van der Waals surface area contributed by atoms with Crippen molar-refractivity contribution in [1.82, 2.24) is 24.5 Å². The maximum absolute atomic E-state index is 14.2. The third kappa shape index (κ3) is 9.13. The van der Waals surface area contributed by atoms with E-state index in [0.29, 0.717) is 11.4 Å². The minimum atomic E-state index is -0.189. The smallest absolute Gasteiger partial charge is 0.216 e. The standard InChI is InChI=1S/C50H52N6O2/c1-5-7-9-11-29-55-39(15-13-37-23-27-53-43(33-37)41-31-35(3)21-25-51-41)17-19-45(55)47-49(57)48(50(47)58)46-20-18-40(56(46)30-12-10-8-6-2)16-14-38-24-28-54-44(34-38)42-32-36(4)22-26-52-42/h13-28,31-34H,5-12,29-30H2,1-4H3. The van der Waals surface area contributed by atoms with Gasteiger partial charge >= 0.3 is 0 Å². The van der Waals surface area contributed by atoms with Crippen LogP contribution in [-0.4, -0.2) is 47.1 Å². The lowest BCUT2D eigenvalue weighted by atomic mass is 9.84. The summed E-state index contributed by atoms with van der Waals surface area (Å²) < 4.78 is 4.29. The normalized spacial score (nSPS) is 15.5. The van der Waals surface area contributed by atoms with Gasteiger partial charge in [0.15, 0.2) is 0 Å². The first-order chi connectivity index (χ1) is 28.3. The maximum atomic E-state index is 14.2. The predicted molar refractivity (Wildman–Crippen MR) is 233 cm³/mol. The number of Topliss-reactive ketones (excluding diaryl/α,β-unsaturated/α-hetero) is 1. The minimum Gasteiger partial charge on any atom is -0.871 e. The maximum Gasteiger partial charge on any atom is 0.216 e. The highest BCUT2D eigenvalue weighted by molar-refractivity contribution is 6.39. The molecule has 0 aromatic carbocycles. The van der Waals surface area contributed by atoms with Gasteiger partial charge in [-0.25, -0.2) is 0 Å². The molecule has 1 aliphatic heterocycles. The summed E-state index contributed by atoms with van der Waals surface area (Å²) in [6.45, 7) is 9.92. The van der Waals surface area contributed by atoms with E-state index >= 15 is 0 Å². The molecular formula is C50H52N6O2. The molecule has 5 aromatic heterocycles. The highest BCUT2D eigenvalue weighted by atomic mass is 16.3. The SMILES string of the molecule is CCCCCCn1c(/C=C\c2ccnc(-c3cc(C)ccn3)c2)ccc1C1=C([O-])/C(=C2/C=CC(/C=C/c3ccnc(-c4cc(C)ccn4)c3)=[N+]2CCCCCC)C1=O. The average molecular weight is 769 g/mol. The zero-order valence-corrected chi connectivity index (χ0v) is 34.1. The molecule has 0 N–H and O–H groups in total. The van der Waals surface area contributed by atoms with Gasteiger partial charge in [0.05, 0.1) is 34.0 Å². The Bertz CT molecular complexity index is 2490. The number of nitrogens with zero attached hydrogens (tertiary/aromatic N) is 6. The van der Waals surface area contributed by atoms with Gasteiger partial charge in [-0.05, 0) is 122 Å². The van der Waals surface area contributed by atoms with Crippen molar-refractivity contribution in [2.45, 2.75) is 85.6 Å². The van der Waals surface area contributed by atoms with Crippen molar-refractivity contribution in [3.8, 4) is 22.8 Å². The predicted octanol–water partition coefficient (Wildman–Crippen LogP) is 9.99. The second-order valence-corrected chi connectivity index (χ2v) is 15.2. The Hall–Kier alpha value is -6.28. The average Bonchev–Trinajstić information content (AvgIpc) is 3.82. The quantitative estimate of drug-likeness (QED) is 0.0531. The molecule has 7 rings (SSSR count). The molecule has 0 radical (unpaired) electrons. The molecule has 0 saturated carbocycles. The fourth-order valence-corrected chi connectivity index (χ4v) is 7.54. The molecule has 8 nitrogen and oxygen atoms in total. The zero-order valence-electron chi connectivity index (χ0n) is 34.1. The molecule has 5 aromatic rings. The van der Waals surface area contributed by atoms with Gasteiger partial charge in [-0.15, -0.1) is 0 Å². The van der Waals surface area contributed by atoms with E-state index in [0.717, 1.165) is 121 Å². The van der Waals surface area contributed by atoms with Crippen LogP contribution in [0.15, 0.2) is 121 Å². The number of rotatable bonds is 17. The molecule has 0 amide bonds. The number of aryl methyl sites for hydroxylation is 2. The summed E-state index contributed by atoms with van der Waals surface area (Å²) in [7, 11) is 0. The Kier molecular flexibility index (Phi) is 12.9. The number of hydrogen-bond donors (Lipinski definition) is 0.